The lowest BCUT2D eigenvalue weighted by Gasteiger charge is -2.34. The van der Waals surface area contributed by atoms with E-state index in [0.717, 1.165) is 0 Å². The fourth-order valence-corrected chi connectivity index (χ4v) is 3.01. The Balaban J connectivity index is 2.59. The molecule has 1 atom stereocenters. The van der Waals surface area contributed by atoms with E-state index in [1.807, 2.05) is 0 Å². The number of esters is 1. The highest BCUT2D eigenvalue weighted by molar-refractivity contribution is 9.09. The number of alkyl halides is 1. The summed E-state index contributed by atoms with van der Waals surface area (Å²) in [4.78, 5) is 25.8. The van der Waals surface area contributed by atoms with Crippen LogP contribution in [0.2, 0.25) is 0 Å². The van der Waals surface area contributed by atoms with Crippen molar-refractivity contribution in [1.82, 2.24) is 10.2 Å². The third-order valence-electron chi connectivity index (χ3n) is 3.45. The van der Waals surface area contributed by atoms with Crippen LogP contribution in [0.3, 0.4) is 0 Å². The van der Waals surface area contributed by atoms with E-state index in [1.54, 1.807) is 32.2 Å². The number of carbonyl (C=O) groups excluding carboxylic acids is 2. The number of ether oxygens (including phenoxy) is 1. The van der Waals surface area contributed by atoms with Crippen molar-refractivity contribution < 1.29 is 19.4 Å². The van der Waals surface area contributed by atoms with Crippen molar-refractivity contribution >= 4 is 27.9 Å². The maximum atomic E-state index is 12.4. The molecule has 7 heteroatoms. The minimum atomic E-state index is -0.753. The summed E-state index contributed by atoms with van der Waals surface area (Å²) in [7, 11) is 1.58. The van der Waals surface area contributed by atoms with Gasteiger partial charge in [0, 0.05) is 23.6 Å². The number of para-hydroxylation sites is 1. The number of carbonyl (C=O) groups is 2. The number of nitrogens with one attached hydrogen (secondary N) is 1. The highest BCUT2D eigenvalue weighted by Gasteiger charge is 2.37. The molecule has 2 rings (SSSR count). The van der Waals surface area contributed by atoms with Crippen LogP contribution in [-0.2, 0) is 9.53 Å². The quantitative estimate of drug-likeness (QED) is 0.631. The number of aromatic hydroxyl groups is 1. The number of phenols is 1. The predicted molar refractivity (Wildman–Crippen MR) is 84.6 cm³/mol. The summed E-state index contributed by atoms with van der Waals surface area (Å²) in [6, 6.07) is 5.48. The molecule has 1 aliphatic heterocycles. The number of phenolic OH excluding ortho intramolecular Hbond substituents is 1. The molecule has 0 saturated heterocycles. The molecule has 0 fully saturated rings. The number of nitrogens with zero attached hydrogens (tertiary/aromatic N) is 1. The molecule has 22 heavy (non-hydrogen) atoms. The molecule has 2 N–H and O–H groups in total. The first-order valence-corrected chi connectivity index (χ1v) is 7.91. The maximum absolute atomic E-state index is 12.4. The molecule has 0 unspecified atom stereocenters. The molecule has 0 aliphatic carbocycles. The number of urea groups is 1. The monoisotopic (exact) mass is 368 g/mol. The Hall–Kier alpha value is -2.02. The number of amides is 2. The van der Waals surface area contributed by atoms with Crippen LogP contribution in [0, 0.1) is 0 Å². The third-order valence-corrected chi connectivity index (χ3v) is 3.98. The number of allylic oxidation sites excluding steroid dienone is 1. The Kier molecular flexibility index (Phi) is 5.07. The zero-order valence-corrected chi connectivity index (χ0v) is 13.9. The van der Waals surface area contributed by atoms with Crippen molar-refractivity contribution in [1.29, 1.82) is 0 Å². The lowest BCUT2D eigenvalue weighted by atomic mass is 9.94. The molecular formula is C15H17BrN2O4. The molecule has 1 aromatic rings. The van der Waals surface area contributed by atoms with E-state index in [9.17, 15) is 14.7 Å². The molecule has 1 heterocycles. The Labute approximate surface area is 136 Å². The van der Waals surface area contributed by atoms with Crippen LogP contribution in [0.1, 0.15) is 18.5 Å². The molecule has 118 valence electrons. The fourth-order valence-electron chi connectivity index (χ4n) is 2.33. The van der Waals surface area contributed by atoms with Gasteiger partial charge in [-0.2, -0.15) is 0 Å². The highest BCUT2D eigenvalue weighted by atomic mass is 79.9. The summed E-state index contributed by atoms with van der Waals surface area (Å²) in [5.41, 5.74) is 1.27. The van der Waals surface area contributed by atoms with E-state index in [2.05, 4.69) is 21.2 Å². The number of hydrogen-bond acceptors (Lipinski definition) is 4. The lowest BCUT2D eigenvalue weighted by molar-refractivity contribution is -0.139. The lowest BCUT2D eigenvalue weighted by Crippen LogP contribution is -2.47. The van der Waals surface area contributed by atoms with Gasteiger partial charge < -0.3 is 15.2 Å². The van der Waals surface area contributed by atoms with Crippen molar-refractivity contribution in [3.63, 3.8) is 0 Å². The van der Waals surface area contributed by atoms with Gasteiger partial charge in [0.05, 0.1) is 18.2 Å². The van der Waals surface area contributed by atoms with Crippen molar-refractivity contribution in [3.05, 3.63) is 41.1 Å². The summed E-state index contributed by atoms with van der Waals surface area (Å²) in [5.74, 6) is -0.509. The van der Waals surface area contributed by atoms with Gasteiger partial charge in [-0.05, 0) is 13.0 Å². The minimum Gasteiger partial charge on any atom is -0.508 e. The maximum Gasteiger partial charge on any atom is 0.338 e. The summed E-state index contributed by atoms with van der Waals surface area (Å²) >= 11 is 3.31. The van der Waals surface area contributed by atoms with E-state index < -0.39 is 12.0 Å². The topological polar surface area (TPSA) is 78.9 Å². The summed E-state index contributed by atoms with van der Waals surface area (Å²) < 4.78 is 5.11. The normalized spacial score (nSPS) is 18.2. The van der Waals surface area contributed by atoms with Crippen LogP contribution in [0.15, 0.2) is 35.5 Å². The van der Waals surface area contributed by atoms with Gasteiger partial charge in [-0.25, -0.2) is 9.59 Å². The van der Waals surface area contributed by atoms with Gasteiger partial charge in [-0.1, -0.05) is 34.1 Å². The molecule has 6 nitrogen and oxygen atoms in total. The Morgan fingerprint density at radius 1 is 1.45 bits per heavy atom. The second-order valence-electron chi connectivity index (χ2n) is 4.71. The van der Waals surface area contributed by atoms with Gasteiger partial charge >= 0.3 is 12.0 Å². The van der Waals surface area contributed by atoms with Crippen LogP contribution in [-0.4, -0.2) is 41.0 Å². The smallest absolute Gasteiger partial charge is 0.338 e. The van der Waals surface area contributed by atoms with Gasteiger partial charge in [0.1, 0.15) is 5.75 Å². The van der Waals surface area contributed by atoms with Crippen LogP contribution in [0.25, 0.3) is 0 Å². The summed E-state index contributed by atoms with van der Waals surface area (Å²) in [6.07, 6.45) is 0. The molecule has 0 bridgehead atoms. The average molecular weight is 369 g/mol. The van der Waals surface area contributed by atoms with Crippen LogP contribution in [0.4, 0.5) is 4.79 Å². The fraction of sp³-hybridized carbons (Fsp3) is 0.333. The van der Waals surface area contributed by atoms with Gasteiger partial charge in [0.15, 0.2) is 0 Å². The number of hydrogen-bond donors (Lipinski definition) is 2. The average Bonchev–Trinajstić information content (AvgIpc) is 2.50. The van der Waals surface area contributed by atoms with E-state index in [4.69, 9.17) is 4.74 Å². The van der Waals surface area contributed by atoms with Crippen LogP contribution < -0.4 is 5.32 Å². The zero-order chi connectivity index (χ0) is 16.3. The molecule has 1 aliphatic rings. The predicted octanol–water partition coefficient (Wildman–Crippen LogP) is 2.30. The van der Waals surface area contributed by atoms with Crippen molar-refractivity contribution in [2.75, 3.05) is 19.0 Å². The van der Waals surface area contributed by atoms with Gasteiger partial charge in [0.25, 0.3) is 0 Å². The first kappa shape index (κ1) is 16.4. The molecule has 1 aromatic carbocycles. The van der Waals surface area contributed by atoms with Crippen LogP contribution in [0.5, 0.6) is 5.75 Å². The number of benzene rings is 1. The Bertz CT molecular complexity index is 630. The molecule has 0 radical (unpaired) electrons. The Morgan fingerprint density at radius 2 is 2.14 bits per heavy atom. The van der Waals surface area contributed by atoms with Gasteiger partial charge in [-0.3, -0.25) is 4.90 Å². The van der Waals surface area contributed by atoms with Crippen molar-refractivity contribution in [3.8, 4) is 5.75 Å². The van der Waals surface area contributed by atoms with Crippen molar-refractivity contribution in [2.45, 2.75) is 13.0 Å². The largest absolute Gasteiger partial charge is 0.508 e. The number of halogens is 1. The molecule has 0 saturated carbocycles. The molecule has 0 spiro atoms. The highest BCUT2D eigenvalue weighted by Crippen LogP contribution is 2.35. The summed E-state index contributed by atoms with van der Waals surface area (Å²) in [5, 5.41) is 13.1. The van der Waals surface area contributed by atoms with E-state index in [-0.39, 0.29) is 18.4 Å². The number of rotatable bonds is 4. The zero-order valence-electron chi connectivity index (χ0n) is 12.3. The molecular weight excluding hydrogens is 352 g/mol. The minimum absolute atomic E-state index is 0.00748. The SMILES string of the molecule is CCOC(=O)C1=C(CBr)N(C)C(=O)N[C@H]1c1ccccc1O. The molecule has 0 aromatic heterocycles. The second-order valence-corrected chi connectivity index (χ2v) is 5.28. The Morgan fingerprint density at radius 3 is 2.73 bits per heavy atom. The van der Waals surface area contributed by atoms with E-state index in [1.165, 1.54) is 11.0 Å². The van der Waals surface area contributed by atoms with Gasteiger partial charge in [-0.15, -0.1) is 0 Å². The molecule has 2 amide bonds. The van der Waals surface area contributed by atoms with E-state index in [0.29, 0.717) is 22.2 Å². The third kappa shape index (κ3) is 2.94. The van der Waals surface area contributed by atoms with Crippen molar-refractivity contribution in [2.24, 2.45) is 0 Å². The van der Waals surface area contributed by atoms with E-state index >= 15 is 0 Å². The van der Waals surface area contributed by atoms with Crippen LogP contribution >= 0.6 is 15.9 Å². The second kappa shape index (κ2) is 6.83. The first-order valence-electron chi connectivity index (χ1n) is 6.79. The summed E-state index contributed by atoms with van der Waals surface area (Å²) in [6.45, 7) is 1.94. The van der Waals surface area contributed by atoms with Gasteiger partial charge in [0.2, 0.25) is 0 Å². The standard InChI is InChI=1S/C15H17BrN2O4/c1-3-22-14(20)12-10(8-16)18(2)15(21)17-13(12)9-6-4-5-7-11(9)19/h4-7,13,19H,3,8H2,1-2H3,(H,17,21)/t13-/m0/s1. The first-order chi connectivity index (χ1) is 10.5.